The van der Waals surface area contributed by atoms with Crippen molar-refractivity contribution < 1.29 is 14.2 Å². The van der Waals surface area contributed by atoms with Crippen LogP contribution in [0.3, 0.4) is 0 Å². The van der Waals surface area contributed by atoms with E-state index in [1.54, 1.807) is 21.3 Å². The number of fused-ring (bicyclic) bond motifs is 1. The van der Waals surface area contributed by atoms with Gasteiger partial charge >= 0.3 is 0 Å². The molecule has 1 aromatic heterocycles. The number of hydrogen-bond donors (Lipinski definition) is 2. The molecule has 8 nitrogen and oxygen atoms in total. The minimum atomic E-state index is 0.228. The third-order valence-electron chi connectivity index (χ3n) is 5.20. The average Bonchev–Trinajstić information content (AvgIpc) is 2.72. The fourth-order valence-electron chi connectivity index (χ4n) is 3.82. The summed E-state index contributed by atoms with van der Waals surface area (Å²) in [5.74, 6) is 5.52. The van der Waals surface area contributed by atoms with E-state index >= 15 is 0 Å². The summed E-state index contributed by atoms with van der Waals surface area (Å²) in [6, 6.07) is 3.82. The van der Waals surface area contributed by atoms with Crippen molar-refractivity contribution in [1.29, 1.82) is 0 Å². The molecular weight excluding hydrogens is 370 g/mol. The van der Waals surface area contributed by atoms with Gasteiger partial charge in [-0.3, -0.25) is 0 Å². The molecule has 3 rings (SSSR count). The normalized spacial score (nSPS) is 15.2. The highest BCUT2D eigenvalue weighted by Crippen LogP contribution is 2.41. The van der Waals surface area contributed by atoms with Crippen molar-refractivity contribution in [3.63, 3.8) is 0 Å². The van der Waals surface area contributed by atoms with Crippen LogP contribution >= 0.6 is 0 Å². The zero-order valence-corrected chi connectivity index (χ0v) is 17.1. The van der Waals surface area contributed by atoms with Crippen molar-refractivity contribution >= 4 is 17.5 Å². The molecule has 2 aromatic rings. The SMILES string of the molecule is C#CCN(CC1CCc2nc(N)nc(N)c2C1)c1cc(OC)c(OC)c(OC)c1. The molecule has 0 spiro atoms. The van der Waals surface area contributed by atoms with E-state index in [0.717, 1.165) is 42.8 Å². The van der Waals surface area contributed by atoms with Gasteiger partial charge in [-0.2, -0.15) is 4.98 Å². The van der Waals surface area contributed by atoms with Gasteiger partial charge in [-0.15, -0.1) is 6.42 Å². The molecule has 4 N–H and O–H groups in total. The number of aryl methyl sites for hydroxylation is 1. The quantitative estimate of drug-likeness (QED) is 0.682. The lowest BCUT2D eigenvalue weighted by Crippen LogP contribution is -2.33. The lowest BCUT2D eigenvalue weighted by Gasteiger charge is -2.31. The van der Waals surface area contributed by atoms with Crippen LogP contribution in [0.4, 0.5) is 17.5 Å². The number of ether oxygens (including phenoxy) is 3. The van der Waals surface area contributed by atoms with Crippen molar-refractivity contribution in [3.8, 4) is 29.6 Å². The van der Waals surface area contributed by atoms with E-state index in [4.69, 9.17) is 32.1 Å². The largest absolute Gasteiger partial charge is 0.493 e. The molecule has 0 radical (unpaired) electrons. The fraction of sp³-hybridized carbons (Fsp3) is 0.429. The van der Waals surface area contributed by atoms with E-state index in [1.807, 2.05) is 12.1 Å². The van der Waals surface area contributed by atoms with Gasteiger partial charge in [0.2, 0.25) is 11.7 Å². The topological polar surface area (TPSA) is 109 Å². The molecule has 0 fully saturated rings. The van der Waals surface area contributed by atoms with Gasteiger partial charge in [0.1, 0.15) is 5.82 Å². The Morgan fingerprint density at radius 2 is 1.83 bits per heavy atom. The Hall–Kier alpha value is -3.34. The first-order valence-corrected chi connectivity index (χ1v) is 9.39. The van der Waals surface area contributed by atoms with Crippen molar-refractivity contribution in [1.82, 2.24) is 9.97 Å². The number of aromatic nitrogens is 2. The molecule has 1 atom stereocenters. The molecule has 0 aliphatic heterocycles. The third-order valence-corrected chi connectivity index (χ3v) is 5.20. The smallest absolute Gasteiger partial charge is 0.222 e. The summed E-state index contributed by atoms with van der Waals surface area (Å²) in [7, 11) is 4.77. The highest BCUT2D eigenvalue weighted by molar-refractivity contribution is 5.64. The number of methoxy groups -OCH3 is 3. The molecule has 0 amide bonds. The van der Waals surface area contributed by atoms with Crippen LogP contribution in [-0.2, 0) is 12.8 Å². The molecule has 1 heterocycles. The van der Waals surface area contributed by atoms with Crippen LogP contribution in [0.5, 0.6) is 17.2 Å². The summed E-state index contributed by atoms with van der Waals surface area (Å²) >= 11 is 0. The van der Waals surface area contributed by atoms with Crippen LogP contribution in [0.15, 0.2) is 12.1 Å². The summed E-state index contributed by atoms with van der Waals surface area (Å²) in [6.07, 6.45) is 8.22. The summed E-state index contributed by atoms with van der Waals surface area (Å²) < 4.78 is 16.4. The Labute approximate surface area is 171 Å². The zero-order valence-electron chi connectivity index (χ0n) is 17.1. The number of benzene rings is 1. The molecule has 0 bridgehead atoms. The van der Waals surface area contributed by atoms with Gasteiger partial charge in [0.25, 0.3) is 0 Å². The summed E-state index contributed by atoms with van der Waals surface area (Å²) in [4.78, 5) is 10.6. The predicted octanol–water partition coefficient (Wildman–Crippen LogP) is 1.91. The van der Waals surface area contributed by atoms with Crippen LogP contribution < -0.4 is 30.6 Å². The second-order valence-electron chi connectivity index (χ2n) is 6.97. The first-order valence-electron chi connectivity index (χ1n) is 9.39. The fourth-order valence-corrected chi connectivity index (χ4v) is 3.82. The molecule has 154 valence electrons. The van der Waals surface area contributed by atoms with Gasteiger partial charge in [-0.05, 0) is 25.2 Å². The van der Waals surface area contributed by atoms with E-state index in [2.05, 4.69) is 20.8 Å². The van der Waals surface area contributed by atoms with Gasteiger partial charge < -0.3 is 30.6 Å². The summed E-state index contributed by atoms with van der Waals surface area (Å²) in [5, 5.41) is 0. The maximum Gasteiger partial charge on any atom is 0.222 e. The van der Waals surface area contributed by atoms with Crippen molar-refractivity contribution in [2.75, 3.05) is 50.8 Å². The molecule has 0 saturated carbocycles. The Morgan fingerprint density at radius 1 is 1.14 bits per heavy atom. The van der Waals surface area contributed by atoms with Crippen LogP contribution in [0.1, 0.15) is 17.7 Å². The second-order valence-corrected chi connectivity index (χ2v) is 6.97. The second kappa shape index (κ2) is 8.78. The highest BCUT2D eigenvalue weighted by atomic mass is 16.5. The van der Waals surface area contributed by atoms with E-state index in [-0.39, 0.29) is 5.95 Å². The molecule has 0 saturated heterocycles. The zero-order chi connectivity index (χ0) is 21.0. The molecule has 29 heavy (non-hydrogen) atoms. The molecule has 8 heteroatoms. The average molecular weight is 397 g/mol. The molecule has 1 aliphatic rings. The minimum absolute atomic E-state index is 0.228. The Bertz CT molecular complexity index is 900. The number of nitrogens with zero attached hydrogens (tertiary/aromatic N) is 3. The van der Waals surface area contributed by atoms with E-state index in [0.29, 0.717) is 35.5 Å². The van der Waals surface area contributed by atoms with Crippen molar-refractivity contribution in [3.05, 3.63) is 23.4 Å². The molecule has 1 aliphatic carbocycles. The number of anilines is 3. The lowest BCUT2D eigenvalue weighted by atomic mass is 9.86. The lowest BCUT2D eigenvalue weighted by molar-refractivity contribution is 0.324. The number of rotatable bonds is 7. The van der Waals surface area contributed by atoms with Crippen molar-refractivity contribution in [2.24, 2.45) is 5.92 Å². The number of hydrogen-bond acceptors (Lipinski definition) is 8. The van der Waals surface area contributed by atoms with Crippen LogP contribution in [0, 0.1) is 18.3 Å². The number of nitrogen functional groups attached to an aromatic ring is 2. The monoisotopic (exact) mass is 397 g/mol. The number of nitrogens with two attached hydrogens (primary N) is 2. The van der Waals surface area contributed by atoms with E-state index in [9.17, 15) is 0 Å². The Kier molecular flexibility index (Phi) is 6.17. The Morgan fingerprint density at radius 3 is 2.41 bits per heavy atom. The molecular formula is C21H27N5O3. The standard InChI is InChI=1S/C21H27N5O3/c1-5-8-26(14-10-17(27-2)19(29-4)18(11-14)28-3)12-13-6-7-16-15(9-13)20(22)25-21(23)24-16/h1,10-11,13H,6-9,12H2,2-4H3,(H4,22,23,24,25). The number of terminal acetylenes is 1. The highest BCUT2D eigenvalue weighted by Gasteiger charge is 2.25. The third kappa shape index (κ3) is 4.24. The summed E-state index contributed by atoms with van der Waals surface area (Å²) in [6.45, 7) is 1.21. The Balaban J connectivity index is 1.87. The van der Waals surface area contributed by atoms with Gasteiger partial charge in [0, 0.05) is 29.9 Å². The molecule has 1 aromatic carbocycles. The molecule has 1 unspecified atom stereocenters. The van der Waals surface area contributed by atoms with Gasteiger partial charge in [-0.1, -0.05) is 5.92 Å². The van der Waals surface area contributed by atoms with Gasteiger partial charge in [0.15, 0.2) is 11.5 Å². The van der Waals surface area contributed by atoms with Gasteiger partial charge in [0.05, 0.1) is 33.6 Å². The van der Waals surface area contributed by atoms with Gasteiger partial charge in [-0.25, -0.2) is 4.98 Å². The van der Waals surface area contributed by atoms with Crippen LogP contribution in [0.25, 0.3) is 0 Å². The van der Waals surface area contributed by atoms with E-state index in [1.165, 1.54) is 0 Å². The minimum Gasteiger partial charge on any atom is -0.493 e. The van der Waals surface area contributed by atoms with Crippen LogP contribution in [-0.4, -0.2) is 44.4 Å². The summed E-state index contributed by atoms with van der Waals surface area (Å²) in [5.41, 5.74) is 14.7. The van der Waals surface area contributed by atoms with Crippen LogP contribution in [0.2, 0.25) is 0 Å². The first kappa shape index (κ1) is 20.4. The maximum absolute atomic E-state index is 6.09. The van der Waals surface area contributed by atoms with Crippen molar-refractivity contribution in [2.45, 2.75) is 19.3 Å². The predicted molar refractivity (Wildman–Crippen MR) is 114 cm³/mol. The van der Waals surface area contributed by atoms with E-state index < -0.39 is 0 Å². The first-order chi connectivity index (χ1) is 14.0. The maximum atomic E-state index is 6.09.